The maximum atomic E-state index is 13.7. The lowest BCUT2D eigenvalue weighted by Gasteiger charge is -2.33. The molecule has 1 fully saturated rings. The lowest BCUT2D eigenvalue weighted by molar-refractivity contribution is -0.134. The van der Waals surface area contributed by atoms with E-state index in [2.05, 4.69) is 0 Å². The van der Waals surface area contributed by atoms with Crippen LogP contribution in [0.4, 0.5) is 8.78 Å². The van der Waals surface area contributed by atoms with Crippen molar-refractivity contribution in [3.05, 3.63) is 71.3 Å². The van der Waals surface area contributed by atoms with Gasteiger partial charge in [-0.1, -0.05) is 30.3 Å². The Morgan fingerprint density at radius 1 is 1.16 bits per heavy atom. The van der Waals surface area contributed by atoms with Crippen LogP contribution in [-0.2, 0) is 22.6 Å². The molecule has 0 aromatic heterocycles. The fourth-order valence-electron chi connectivity index (χ4n) is 3.04. The van der Waals surface area contributed by atoms with Gasteiger partial charge in [-0.25, -0.2) is 8.78 Å². The van der Waals surface area contributed by atoms with Crippen LogP contribution in [0.15, 0.2) is 48.5 Å². The molecular weight excluding hydrogens is 324 g/mol. The number of hydrogen-bond acceptors (Lipinski definition) is 2. The van der Waals surface area contributed by atoms with E-state index in [-0.39, 0.29) is 24.2 Å². The van der Waals surface area contributed by atoms with Crippen molar-refractivity contribution in [2.24, 2.45) is 0 Å². The highest BCUT2D eigenvalue weighted by Crippen LogP contribution is 2.18. The van der Waals surface area contributed by atoms with Gasteiger partial charge in [0.15, 0.2) is 0 Å². The van der Waals surface area contributed by atoms with E-state index in [1.807, 2.05) is 30.3 Å². The van der Waals surface area contributed by atoms with Gasteiger partial charge in [0, 0.05) is 18.7 Å². The van der Waals surface area contributed by atoms with Crippen molar-refractivity contribution in [2.45, 2.75) is 32.0 Å². The number of piperidine rings is 1. The molecule has 1 heterocycles. The van der Waals surface area contributed by atoms with Crippen LogP contribution in [0.2, 0.25) is 0 Å². The lowest BCUT2D eigenvalue weighted by atomic mass is 10.1. The smallest absolute Gasteiger partial charge is 0.227 e. The van der Waals surface area contributed by atoms with Crippen LogP contribution < -0.4 is 0 Å². The molecule has 0 aliphatic carbocycles. The van der Waals surface area contributed by atoms with Crippen LogP contribution in [0.5, 0.6) is 0 Å². The molecule has 0 bridgehead atoms. The molecule has 1 saturated heterocycles. The van der Waals surface area contributed by atoms with Crippen LogP contribution in [0.1, 0.15) is 24.0 Å². The molecule has 3 rings (SSSR count). The number of carbonyl (C=O) groups is 1. The van der Waals surface area contributed by atoms with E-state index in [0.29, 0.717) is 19.5 Å². The second-order valence-electron chi connectivity index (χ2n) is 6.31. The average molecular weight is 345 g/mol. The van der Waals surface area contributed by atoms with E-state index < -0.39 is 11.6 Å². The van der Waals surface area contributed by atoms with Gasteiger partial charge in [-0.15, -0.1) is 0 Å². The summed E-state index contributed by atoms with van der Waals surface area (Å²) in [5, 5.41) is 0. The summed E-state index contributed by atoms with van der Waals surface area (Å²) in [5.74, 6) is -0.894. The summed E-state index contributed by atoms with van der Waals surface area (Å²) in [7, 11) is 0. The van der Waals surface area contributed by atoms with Crippen molar-refractivity contribution in [1.82, 2.24) is 4.90 Å². The van der Waals surface area contributed by atoms with Crippen LogP contribution in [0.25, 0.3) is 0 Å². The Labute approximate surface area is 146 Å². The molecule has 3 nitrogen and oxygen atoms in total. The van der Waals surface area contributed by atoms with Crippen molar-refractivity contribution in [3.63, 3.8) is 0 Å². The Kier molecular flexibility index (Phi) is 5.76. The first-order valence-corrected chi connectivity index (χ1v) is 8.49. The van der Waals surface area contributed by atoms with Gasteiger partial charge in [0.05, 0.1) is 19.1 Å². The van der Waals surface area contributed by atoms with E-state index in [9.17, 15) is 13.6 Å². The quantitative estimate of drug-likeness (QED) is 0.827. The van der Waals surface area contributed by atoms with E-state index in [0.717, 1.165) is 36.6 Å². The first kappa shape index (κ1) is 17.5. The molecule has 1 aliphatic heterocycles. The van der Waals surface area contributed by atoms with Crippen molar-refractivity contribution >= 4 is 5.91 Å². The summed E-state index contributed by atoms with van der Waals surface area (Å²) >= 11 is 0. The van der Waals surface area contributed by atoms with Gasteiger partial charge in [-0.05, 0) is 36.6 Å². The number of hydrogen-bond donors (Lipinski definition) is 0. The minimum Gasteiger partial charge on any atom is -0.372 e. The Balaban J connectivity index is 1.54. The second-order valence-corrected chi connectivity index (χ2v) is 6.31. The number of ether oxygens (including phenoxy) is 1. The van der Waals surface area contributed by atoms with Crippen LogP contribution in [-0.4, -0.2) is 30.0 Å². The molecule has 25 heavy (non-hydrogen) atoms. The summed E-state index contributed by atoms with van der Waals surface area (Å²) in [6, 6.07) is 13.0. The third-order valence-electron chi connectivity index (χ3n) is 4.41. The molecule has 0 spiro atoms. The molecular formula is C20H21F2NO2. The second kappa shape index (κ2) is 8.21. The zero-order valence-corrected chi connectivity index (χ0v) is 14.0. The van der Waals surface area contributed by atoms with Crippen molar-refractivity contribution in [2.75, 3.05) is 13.1 Å². The van der Waals surface area contributed by atoms with Gasteiger partial charge in [-0.3, -0.25) is 4.79 Å². The van der Waals surface area contributed by atoms with Crippen LogP contribution in [0.3, 0.4) is 0 Å². The first-order chi connectivity index (χ1) is 12.1. The Morgan fingerprint density at radius 3 is 2.76 bits per heavy atom. The van der Waals surface area contributed by atoms with E-state index in [1.54, 1.807) is 4.90 Å². The molecule has 0 saturated carbocycles. The minimum atomic E-state index is -0.483. The molecule has 2 aromatic carbocycles. The molecule has 1 unspecified atom stereocenters. The highest BCUT2D eigenvalue weighted by molar-refractivity contribution is 5.78. The summed E-state index contributed by atoms with van der Waals surface area (Å²) in [6.45, 7) is 1.21. The molecule has 132 valence electrons. The number of amides is 1. The van der Waals surface area contributed by atoms with Gasteiger partial charge in [0.1, 0.15) is 11.6 Å². The Morgan fingerprint density at radius 2 is 1.96 bits per heavy atom. The molecule has 5 heteroatoms. The van der Waals surface area contributed by atoms with Gasteiger partial charge in [0.2, 0.25) is 5.91 Å². The van der Waals surface area contributed by atoms with Gasteiger partial charge in [-0.2, -0.15) is 0 Å². The van der Waals surface area contributed by atoms with Crippen LogP contribution >= 0.6 is 0 Å². The highest BCUT2D eigenvalue weighted by Gasteiger charge is 2.24. The van der Waals surface area contributed by atoms with Crippen LogP contribution in [0, 0.1) is 11.6 Å². The predicted molar refractivity (Wildman–Crippen MR) is 90.9 cm³/mol. The largest absolute Gasteiger partial charge is 0.372 e. The van der Waals surface area contributed by atoms with Crippen molar-refractivity contribution in [3.8, 4) is 0 Å². The summed E-state index contributed by atoms with van der Waals surface area (Å²) in [5.41, 5.74) is 1.19. The molecule has 1 amide bonds. The number of rotatable bonds is 5. The highest BCUT2D eigenvalue weighted by atomic mass is 19.1. The summed E-state index contributed by atoms with van der Waals surface area (Å²) < 4.78 is 32.6. The van der Waals surface area contributed by atoms with Gasteiger partial charge < -0.3 is 9.64 Å². The molecule has 2 aromatic rings. The third kappa shape index (κ3) is 4.86. The number of nitrogens with zero attached hydrogens (tertiary/aromatic N) is 1. The molecule has 0 radical (unpaired) electrons. The maximum absolute atomic E-state index is 13.7. The number of benzene rings is 2. The average Bonchev–Trinajstić information content (AvgIpc) is 2.63. The zero-order chi connectivity index (χ0) is 17.6. The minimum absolute atomic E-state index is 0.00890. The topological polar surface area (TPSA) is 29.5 Å². The maximum Gasteiger partial charge on any atom is 0.227 e. The summed E-state index contributed by atoms with van der Waals surface area (Å²) in [4.78, 5) is 14.2. The standard InChI is InChI=1S/C20H21F2NO2/c21-17-8-9-19(22)16(12-17)14-25-18-7-4-10-23(13-18)20(24)11-15-5-2-1-3-6-15/h1-3,5-6,8-9,12,18H,4,7,10-11,13-14H2. The van der Waals surface area contributed by atoms with Crippen molar-refractivity contribution in [1.29, 1.82) is 0 Å². The molecule has 1 atom stereocenters. The molecule has 1 aliphatic rings. The fourth-order valence-corrected chi connectivity index (χ4v) is 3.04. The number of halogens is 2. The fraction of sp³-hybridized carbons (Fsp3) is 0.350. The number of carbonyl (C=O) groups excluding carboxylic acids is 1. The van der Waals surface area contributed by atoms with E-state index in [1.165, 1.54) is 0 Å². The normalized spacial score (nSPS) is 17.5. The van der Waals surface area contributed by atoms with E-state index >= 15 is 0 Å². The number of likely N-dealkylation sites (tertiary alicyclic amines) is 1. The zero-order valence-electron chi connectivity index (χ0n) is 14.0. The van der Waals surface area contributed by atoms with Crippen molar-refractivity contribution < 1.29 is 18.3 Å². The van der Waals surface area contributed by atoms with Gasteiger partial charge in [0.25, 0.3) is 0 Å². The Bertz CT molecular complexity index is 721. The SMILES string of the molecule is O=C(Cc1ccccc1)N1CCCC(OCc2cc(F)ccc2F)C1. The molecule has 0 N–H and O–H groups in total. The summed E-state index contributed by atoms with van der Waals surface area (Å²) in [6.07, 6.45) is 1.87. The Hall–Kier alpha value is -2.27. The van der Waals surface area contributed by atoms with E-state index in [4.69, 9.17) is 4.74 Å². The van der Waals surface area contributed by atoms with Gasteiger partial charge >= 0.3 is 0 Å². The monoisotopic (exact) mass is 345 g/mol. The first-order valence-electron chi connectivity index (χ1n) is 8.49. The lowest BCUT2D eigenvalue weighted by Crippen LogP contribution is -2.43. The third-order valence-corrected chi connectivity index (χ3v) is 4.41. The predicted octanol–water partition coefficient (Wildman–Crippen LogP) is 3.72.